The average Bonchev–Trinajstić information content (AvgIpc) is 2.73. The van der Waals surface area contributed by atoms with E-state index >= 15 is 0 Å². The van der Waals surface area contributed by atoms with Crippen LogP contribution in [0, 0.1) is 5.92 Å². The molecule has 1 amide bonds. The Labute approximate surface area is 87.9 Å². The van der Waals surface area contributed by atoms with Crippen molar-refractivity contribution in [2.75, 3.05) is 11.5 Å². The lowest BCUT2D eigenvalue weighted by Gasteiger charge is -2.26. The maximum Gasteiger partial charge on any atom is 0.256 e. The fourth-order valence-corrected chi connectivity index (χ4v) is 2.43. The molecule has 1 aromatic rings. The molecule has 0 saturated carbocycles. The van der Waals surface area contributed by atoms with Gasteiger partial charge >= 0.3 is 0 Å². The molecule has 3 atom stereocenters. The minimum atomic E-state index is -0.241. The van der Waals surface area contributed by atoms with Gasteiger partial charge in [0, 0.05) is 12.1 Å². The van der Waals surface area contributed by atoms with E-state index in [-0.39, 0.29) is 24.0 Å². The van der Waals surface area contributed by atoms with Crippen molar-refractivity contribution in [3.63, 3.8) is 0 Å². The van der Waals surface area contributed by atoms with Crippen LogP contribution in [0.25, 0.3) is 0 Å². The highest BCUT2D eigenvalue weighted by atomic mass is 16.5. The molecule has 2 aliphatic rings. The molecule has 0 aliphatic carbocycles. The molecular weight excluding hydrogens is 192 g/mol. The monoisotopic (exact) mass is 204 g/mol. The van der Waals surface area contributed by atoms with Gasteiger partial charge in [0.25, 0.3) is 5.91 Å². The van der Waals surface area contributed by atoms with Crippen LogP contribution in [0.1, 0.15) is 6.92 Å². The van der Waals surface area contributed by atoms with Crippen LogP contribution in [0.2, 0.25) is 0 Å². The zero-order valence-corrected chi connectivity index (χ0v) is 8.46. The number of anilines is 1. The van der Waals surface area contributed by atoms with Gasteiger partial charge in [-0.25, -0.2) is 0 Å². The molecule has 0 N–H and O–H groups in total. The zero-order valence-electron chi connectivity index (χ0n) is 8.46. The zero-order chi connectivity index (χ0) is 10.4. The van der Waals surface area contributed by atoms with E-state index < -0.39 is 0 Å². The number of hydrogen-bond donors (Lipinski definition) is 0. The number of carbonyl (C=O) groups excluding carboxylic acids is 1. The highest BCUT2D eigenvalue weighted by Crippen LogP contribution is 2.37. The van der Waals surface area contributed by atoms with Crippen molar-refractivity contribution in [2.45, 2.75) is 19.1 Å². The number of carbonyl (C=O) groups is 1. The van der Waals surface area contributed by atoms with Crippen LogP contribution in [0.3, 0.4) is 0 Å². The fourth-order valence-electron chi connectivity index (χ4n) is 2.43. The second kappa shape index (κ2) is 3.03. The van der Waals surface area contributed by atoms with E-state index in [1.807, 2.05) is 17.0 Å². The number of fused-ring (bicyclic) bond motifs is 2. The van der Waals surface area contributed by atoms with Crippen molar-refractivity contribution in [2.24, 2.45) is 5.92 Å². The van der Waals surface area contributed by atoms with Gasteiger partial charge in [-0.05, 0) is 12.1 Å². The van der Waals surface area contributed by atoms with Crippen LogP contribution in [-0.4, -0.2) is 29.6 Å². The summed E-state index contributed by atoms with van der Waals surface area (Å²) in [5.74, 6) is 0.365. The molecule has 1 aromatic heterocycles. The first-order valence-electron chi connectivity index (χ1n) is 5.14. The molecule has 0 aromatic carbocycles. The van der Waals surface area contributed by atoms with Crippen molar-refractivity contribution in [1.82, 2.24) is 4.98 Å². The van der Waals surface area contributed by atoms with E-state index in [1.165, 1.54) is 0 Å². The number of hydrogen-bond acceptors (Lipinski definition) is 3. The third-order valence-electron chi connectivity index (χ3n) is 3.27. The van der Waals surface area contributed by atoms with Crippen LogP contribution < -0.4 is 4.90 Å². The Balaban J connectivity index is 1.99. The van der Waals surface area contributed by atoms with Gasteiger partial charge in [0.1, 0.15) is 6.10 Å². The molecular formula is C11H12N2O2. The summed E-state index contributed by atoms with van der Waals surface area (Å²) in [6.07, 6.45) is 3.20. The lowest BCUT2D eigenvalue weighted by molar-refractivity contribution is -0.128. The van der Waals surface area contributed by atoms with Gasteiger partial charge < -0.3 is 9.64 Å². The van der Waals surface area contributed by atoms with Gasteiger partial charge in [0.2, 0.25) is 0 Å². The van der Waals surface area contributed by atoms with Gasteiger partial charge in [0.05, 0.1) is 24.5 Å². The number of aromatic nitrogens is 1. The number of pyridine rings is 1. The molecule has 3 rings (SSSR count). The predicted octanol–water partition coefficient (Wildman–Crippen LogP) is 0.832. The van der Waals surface area contributed by atoms with Crippen molar-refractivity contribution in [3.05, 3.63) is 24.5 Å². The lowest BCUT2D eigenvalue weighted by atomic mass is 10.0. The molecule has 3 heterocycles. The first-order valence-corrected chi connectivity index (χ1v) is 5.14. The molecule has 0 radical (unpaired) electrons. The molecule has 78 valence electrons. The van der Waals surface area contributed by atoms with Crippen LogP contribution in [-0.2, 0) is 9.53 Å². The predicted molar refractivity (Wildman–Crippen MR) is 54.4 cm³/mol. The molecule has 0 unspecified atom stereocenters. The molecule has 2 aliphatic heterocycles. The van der Waals surface area contributed by atoms with Gasteiger partial charge in [-0.15, -0.1) is 0 Å². The van der Waals surface area contributed by atoms with Gasteiger partial charge in [-0.2, -0.15) is 0 Å². The highest BCUT2D eigenvalue weighted by molar-refractivity contribution is 6.00. The number of morpholine rings is 1. The summed E-state index contributed by atoms with van der Waals surface area (Å²) in [6, 6.07) is 3.95. The Morgan fingerprint density at radius 3 is 3.07 bits per heavy atom. The summed E-state index contributed by atoms with van der Waals surface area (Å²) < 4.78 is 5.42. The Morgan fingerprint density at radius 2 is 2.47 bits per heavy atom. The van der Waals surface area contributed by atoms with Crippen molar-refractivity contribution in [1.29, 1.82) is 0 Å². The topological polar surface area (TPSA) is 42.4 Å². The average molecular weight is 204 g/mol. The van der Waals surface area contributed by atoms with E-state index in [9.17, 15) is 4.79 Å². The van der Waals surface area contributed by atoms with Crippen molar-refractivity contribution >= 4 is 11.6 Å². The Morgan fingerprint density at radius 1 is 1.60 bits per heavy atom. The van der Waals surface area contributed by atoms with E-state index in [2.05, 4.69) is 11.9 Å². The van der Waals surface area contributed by atoms with Gasteiger partial charge in [0.15, 0.2) is 0 Å². The van der Waals surface area contributed by atoms with E-state index in [0.717, 1.165) is 5.69 Å². The summed E-state index contributed by atoms with van der Waals surface area (Å²) in [6.45, 7) is 2.71. The minimum Gasteiger partial charge on any atom is -0.366 e. The largest absolute Gasteiger partial charge is 0.366 e. The third-order valence-corrected chi connectivity index (χ3v) is 3.27. The molecule has 2 saturated heterocycles. The number of nitrogens with zero attached hydrogens (tertiary/aromatic N) is 2. The quantitative estimate of drug-likeness (QED) is 0.680. The second-order valence-electron chi connectivity index (χ2n) is 4.10. The molecule has 15 heavy (non-hydrogen) atoms. The Kier molecular flexibility index (Phi) is 1.79. The van der Waals surface area contributed by atoms with Gasteiger partial charge in [-0.1, -0.05) is 6.92 Å². The first-order chi connectivity index (χ1) is 7.29. The van der Waals surface area contributed by atoms with E-state index in [0.29, 0.717) is 6.61 Å². The first kappa shape index (κ1) is 8.85. The molecule has 4 nitrogen and oxygen atoms in total. The maximum absolute atomic E-state index is 12.0. The van der Waals surface area contributed by atoms with Gasteiger partial charge in [-0.3, -0.25) is 9.78 Å². The molecule has 0 spiro atoms. The van der Waals surface area contributed by atoms with E-state index in [1.54, 1.807) is 12.4 Å². The molecule has 4 heteroatoms. The smallest absolute Gasteiger partial charge is 0.256 e. The number of amides is 1. The van der Waals surface area contributed by atoms with Crippen LogP contribution in [0.5, 0.6) is 0 Å². The summed E-state index contributed by atoms with van der Waals surface area (Å²) >= 11 is 0. The molecule has 2 bridgehead atoms. The number of rotatable bonds is 1. The fraction of sp³-hybridized carbons (Fsp3) is 0.455. The second-order valence-corrected chi connectivity index (χ2v) is 4.10. The van der Waals surface area contributed by atoms with Crippen molar-refractivity contribution in [3.8, 4) is 0 Å². The minimum absolute atomic E-state index is 0.0757. The maximum atomic E-state index is 12.0. The standard InChI is InChI=1S/C11H12N2O2/c1-7-9-6-15-10(7)11(14)13(9)8-3-2-4-12-5-8/h2-5,7,9-10H,6H2,1H3/t7-,9+,10-/m0/s1. The SMILES string of the molecule is C[C@@H]1[C@@H]2OC[C@H]1N(c1cccnc1)C2=O. The Hall–Kier alpha value is -1.42. The number of ether oxygens (including phenoxy) is 1. The summed E-state index contributed by atoms with van der Waals surface area (Å²) in [4.78, 5) is 17.8. The summed E-state index contributed by atoms with van der Waals surface area (Å²) in [5.41, 5.74) is 0.880. The Bertz CT molecular complexity index is 393. The van der Waals surface area contributed by atoms with Crippen LogP contribution >= 0.6 is 0 Å². The highest BCUT2D eigenvalue weighted by Gasteiger charge is 2.52. The van der Waals surface area contributed by atoms with Crippen LogP contribution in [0.4, 0.5) is 5.69 Å². The van der Waals surface area contributed by atoms with Crippen molar-refractivity contribution < 1.29 is 9.53 Å². The third kappa shape index (κ3) is 1.11. The lowest BCUT2D eigenvalue weighted by Crippen LogP contribution is -2.42. The summed E-state index contributed by atoms with van der Waals surface area (Å²) in [5, 5.41) is 0. The molecule has 2 fully saturated rings. The van der Waals surface area contributed by atoms with E-state index in [4.69, 9.17) is 4.74 Å². The van der Waals surface area contributed by atoms with Crippen LogP contribution in [0.15, 0.2) is 24.5 Å². The normalized spacial score (nSPS) is 33.8. The summed E-state index contributed by atoms with van der Waals surface area (Å²) in [7, 11) is 0.